The number of fused-ring (bicyclic) bond motifs is 8. The Morgan fingerprint density at radius 1 is 0.392 bits per heavy atom. The minimum atomic E-state index is 0.932. The molecule has 1 nitrogen and oxygen atoms in total. The van der Waals surface area contributed by atoms with Gasteiger partial charge in [0, 0.05) is 10.8 Å². The molecule has 1 heteroatoms. The minimum Gasteiger partial charge on any atom is -0.456 e. The van der Waals surface area contributed by atoms with E-state index in [0.717, 1.165) is 24.0 Å². The van der Waals surface area contributed by atoms with Gasteiger partial charge in [-0.2, -0.15) is 0 Å². The van der Waals surface area contributed by atoms with E-state index in [4.69, 9.17) is 4.42 Å². The zero-order valence-corrected chi connectivity index (χ0v) is 28.0. The largest absolute Gasteiger partial charge is 0.456 e. The maximum Gasteiger partial charge on any atom is 0.136 e. The molecule has 238 valence electrons. The molecule has 0 N–H and O–H groups in total. The zero-order valence-electron chi connectivity index (χ0n) is 28.0. The summed E-state index contributed by atoms with van der Waals surface area (Å²) in [4.78, 5) is 0. The summed E-state index contributed by atoms with van der Waals surface area (Å²) in [6, 6.07) is 58.1. The Morgan fingerprint density at radius 2 is 0.941 bits per heavy atom. The van der Waals surface area contributed by atoms with E-state index in [1.165, 1.54) is 98.4 Å². The first-order valence-corrected chi connectivity index (χ1v) is 17.9. The molecule has 0 atom stereocenters. The summed E-state index contributed by atoms with van der Waals surface area (Å²) in [6.45, 7) is 0. The quantitative estimate of drug-likeness (QED) is 0.174. The lowest BCUT2D eigenvalue weighted by atomic mass is 9.83. The number of rotatable bonds is 3. The van der Waals surface area contributed by atoms with Gasteiger partial charge in [0.1, 0.15) is 11.2 Å². The Hall–Kier alpha value is -6.44. The number of benzene rings is 9. The molecule has 0 fully saturated rings. The van der Waals surface area contributed by atoms with Crippen molar-refractivity contribution in [3.8, 4) is 33.4 Å². The first kappa shape index (κ1) is 28.4. The van der Waals surface area contributed by atoms with Crippen LogP contribution in [0.3, 0.4) is 0 Å². The van der Waals surface area contributed by atoms with E-state index in [9.17, 15) is 0 Å². The molecule has 0 spiro atoms. The average molecular weight is 649 g/mol. The van der Waals surface area contributed by atoms with Gasteiger partial charge in [0.25, 0.3) is 0 Å². The molecule has 1 aliphatic carbocycles. The van der Waals surface area contributed by atoms with Gasteiger partial charge in [-0.15, -0.1) is 0 Å². The van der Waals surface area contributed by atoms with Crippen LogP contribution in [-0.2, 0) is 6.42 Å². The Bertz CT molecular complexity index is 3020. The monoisotopic (exact) mass is 648 g/mol. The smallest absolute Gasteiger partial charge is 0.136 e. The van der Waals surface area contributed by atoms with Gasteiger partial charge >= 0.3 is 0 Å². The maximum atomic E-state index is 6.60. The fraction of sp³-hybridized carbons (Fsp3) is 0.0400. The van der Waals surface area contributed by atoms with Crippen molar-refractivity contribution >= 4 is 71.1 Å². The molecule has 0 aliphatic heterocycles. The van der Waals surface area contributed by atoms with Gasteiger partial charge in [-0.25, -0.2) is 0 Å². The van der Waals surface area contributed by atoms with Gasteiger partial charge in [0.05, 0.1) is 0 Å². The average Bonchev–Trinajstić information content (AvgIpc) is 3.56. The van der Waals surface area contributed by atoms with Crippen LogP contribution in [0.2, 0.25) is 0 Å². The second-order valence-electron chi connectivity index (χ2n) is 13.8. The highest BCUT2D eigenvalue weighted by atomic mass is 16.3. The van der Waals surface area contributed by atoms with Crippen molar-refractivity contribution < 1.29 is 4.42 Å². The summed E-state index contributed by atoms with van der Waals surface area (Å²) in [5.74, 6) is 0. The van der Waals surface area contributed by atoms with Gasteiger partial charge in [-0.3, -0.25) is 0 Å². The van der Waals surface area contributed by atoms with Crippen LogP contribution in [0.1, 0.15) is 17.5 Å². The zero-order chi connectivity index (χ0) is 33.5. The highest BCUT2D eigenvalue weighted by molar-refractivity contribution is 6.27. The summed E-state index contributed by atoms with van der Waals surface area (Å²) in [5, 5.41) is 12.4. The van der Waals surface area contributed by atoms with Crippen molar-refractivity contribution in [1.29, 1.82) is 0 Å². The van der Waals surface area contributed by atoms with Gasteiger partial charge in [-0.1, -0.05) is 152 Å². The van der Waals surface area contributed by atoms with Gasteiger partial charge in [0.15, 0.2) is 0 Å². The van der Waals surface area contributed by atoms with E-state index in [0.29, 0.717) is 0 Å². The molecule has 10 aromatic rings. The first-order chi connectivity index (χ1) is 25.3. The van der Waals surface area contributed by atoms with Crippen LogP contribution in [0.25, 0.3) is 104 Å². The van der Waals surface area contributed by atoms with Crippen LogP contribution >= 0.6 is 0 Å². The predicted molar refractivity (Wildman–Crippen MR) is 217 cm³/mol. The number of allylic oxidation sites excluding steroid dienone is 1. The number of aryl methyl sites for hydroxylation is 1. The standard InChI is InChI=1S/C50H32O/c1-2-15-33-30-47-45(29-32(33)14-1)50-44(25-12-26-46(50)51-47)49-41-22-9-7-20-39(41)48(40-21-8-10-23-42(40)49)43-28-27-38(36-18-5-6-19-37(36)43)35-24-11-16-31-13-3-4-17-34(31)35/h1,3-14,16-30H,2,15H2. The van der Waals surface area contributed by atoms with Crippen molar-refractivity contribution in [2.75, 3.05) is 0 Å². The molecule has 1 heterocycles. The Labute approximate surface area is 295 Å². The molecular weight excluding hydrogens is 617 g/mol. The molecule has 1 aliphatic rings. The predicted octanol–water partition coefficient (Wildman–Crippen LogP) is 14.2. The summed E-state index contributed by atoms with van der Waals surface area (Å²) >= 11 is 0. The van der Waals surface area contributed by atoms with Crippen molar-refractivity contribution in [3.63, 3.8) is 0 Å². The third-order valence-corrected chi connectivity index (χ3v) is 11.1. The Balaban J connectivity index is 1.22. The normalized spacial score (nSPS) is 12.9. The lowest BCUT2D eigenvalue weighted by Gasteiger charge is -2.20. The van der Waals surface area contributed by atoms with E-state index >= 15 is 0 Å². The van der Waals surface area contributed by atoms with Crippen LogP contribution in [0.5, 0.6) is 0 Å². The highest BCUT2D eigenvalue weighted by Gasteiger charge is 2.22. The van der Waals surface area contributed by atoms with Crippen LogP contribution < -0.4 is 0 Å². The summed E-state index contributed by atoms with van der Waals surface area (Å²) in [6.07, 6.45) is 6.69. The van der Waals surface area contributed by atoms with Crippen molar-refractivity contribution in [2.45, 2.75) is 12.8 Å². The molecule has 0 saturated carbocycles. The first-order valence-electron chi connectivity index (χ1n) is 17.9. The van der Waals surface area contributed by atoms with E-state index in [2.05, 4.69) is 170 Å². The third-order valence-electron chi connectivity index (χ3n) is 11.1. The van der Waals surface area contributed by atoms with Crippen LogP contribution in [0.15, 0.2) is 168 Å². The van der Waals surface area contributed by atoms with Crippen LogP contribution in [0, 0.1) is 0 Å². The molecule has 0 bridgehead atoms. The molecule has 1 aromatic heterocycles. The maximum absolute atomic E-state index is 6.60. The molecule has 0 saturated heterocycles. The molecule has 0 unspecified atom stereocenters. The lowest BCUT2D eigenvalue weighted by molar-refractivity contribution is 0.668. The van der Waals surface area contributed by atoms with Crippen LogP contribution in [0.4, 0.5) is 0 Å². The van der Waals surface area contributed by atoms with Crippen molar-refractivity contribution in [3.05, 3.63) is 175 Å². The minimum absolute atomic E-state index is 0.932. The Kier molecular flexibility index (Phi) is 6.15. The topological polar surface area (TPSA) is 13.1 Å². The molecule has 9 aromatic carbocycles. The van der Waals surface area contributed by atoms with E-state index in [1.807, 2.05) is 0 Å². The molecule has 0 radical (unpaired) electrons. The second-order valence-corrected chi connectivity index (χ2v) is 13.8. The Morgan fingerprint density at radius 3 is 1.69 bits per heavy atom. The number of hydrogen-bond acceptors (Lipinski definition) is 1. The van der Waals surface area contributed by atoms with E-state index < -0.39 is 0 Å². The van der Waals surface area contributed by atoms with Gasteiger partial charge < -0.3 is 4.42 Å². The van der Waals surface area contributed by atoms with Gasteiger partial charge in [0.2, 0.25) is 0 Å². The second kappa shape index (κ2) is 11.0. The highest BCUT2D eigenvalue weighted by Crippen LogP contribution is 2.49. The summed E-state index contributed by atoms with van der Waals surface area (Å²) in [5.41, 5.74) is 12.1. The molecule has 51 heavy (non-hydrogen) atoms. The van der Waals surface area contributed by atoms with E-state index in [1.54, 1.807) is 0 Å². The molecule has 11 rings (SSSR count). The van der Waals surface area contributed by atoms with Crippen molar-refractivity contribution in [1.82, 2.24) is 0 Å². The SMILES string of the molecule is C1=Cc2cc3c(cc2CC1)oc1cccc(-c2c4ccccc4c(-c4ccc(-c5cccc6ccccc56)c5ccccc45)c4ccccc24)c13. The summed E-state index contributed by atoms with van der Waals surface area (Å²) in [7, 11) is 0. The number of hydrogen-bond donors (Lipinski definition) is 0. The fourth-order valence-corrected chi connectivity index (χ4v) is 8.88. The lowest BCUT2D eigenvalue weighted by Crippen LogP contribution is -1.94. The van der Waals surface area contributed by atoms with Crippen LogP contribution in [-0.4, -0.2) is 0 Å². The third kappa shape index (κ3) is 4.22. The summed E-state index contributed by atoms with van der Waals surface area (Å²) < 4.78 is 6.60. The fourth-order valence-electron chi connectivity index (χ4n) is 8.88. The molecular formula is C50H32O. The molecule has 0 amide bonds. The van der Waals surface area contributed by atoms with E-state index in [-0.39, 0.29) is 0 Å². The van der Waals surface area contributed by atoms with Gasteiger partial charge in [-0.05, 0) is 119 Å². The number of furan rings is 1. The van der Waals surface area contributed by atoms with Crippen molar-refractivity contribution in [2.24, 2.45) is 0 Å².